The number of aromatic nitrogens is 2. The maximum Gasteiger partial charge on any atom is 0.254 e. The molecule has 0 aliphatic heterocycles. The van der Waals surface area contributed by atoms with Crippen LogP contribution in [-0.4, -0.2) is 21.9 Å². The Hall–Kier alpha value is -1.49. The van der Waals surface area contributed by atoms with Gasteiger partial charge in [0.05, 0.1) is 12.1 Å². The zero-order valence-corrected chi connectivity index (χ0v) is 7.73. The first-order chi connectivity index (χ1) is 6.79. The second-order valence-corrected chi connectivity index (χ2v) is 3.34. The van der Waals surface area contributed by atoms with Gasteiger partial charge in [-0.3, -0.25) is 4.79 Å². The van der Waals surface area contributed by atoms with Crippen molar-refractivity contribution in [1.82, 2.24) is 15.3 Å². The lowest BCUT2D eigenvalue weighted by Gasteiger charge is -2.02. The summed E-state index contributed by atoms with van der Waals surface area (Å²) in [5, 5.41) is 2.86. The molecule has 0 spiro atoms. The number of carbonyl (C=O) groups excluding carboxylic acids is 1. The van der Waals surface area contributed by atoms with Crippen LogP contribution in [0.1, 0.15) is 29.0 Å². The fourth-order valence-electron chi connectivity index (χ4n) is 1.07. The van der Waals surface area contributed by atoms with E-state index in [2.05, 4.69) is 15.3 Å². The van der Waals surface area contributed by atoms with Gasteiger partial charge in [0.25, 0.3) is 5.91 Å². The third kappa shape index (κ3) is 2.05. The first-order valence-corrected chi connectivity index (χ1v) is 4.61. The molecule has 1 amide bonds. The van der Waals surface area contributed by atoms with Gasteiger partial charge in [-0.1, -0.05) is 0 Å². The SMILES string of the molecule is NCc1ncc(C(=O)NC2CC2)cn1. The summed E-state index contributed by atoms with van der Waals surface area (Å²) in [4.78, 5) is 19.4. The van der Waals surface area contributed by atoms with Crippen LogP contribution < -0.4 is 11.1 Å². The summed E-state index contributed by atoms with van der Waals surface area (Å²) in [6, 6.07) is 0.358. The molecule has 1 aliphatic rings. The first-order valence-electron chi connectivity index (χ1n) is 4.61. The minimum Gasteiger partial charge on any atom is -0.349 e. The van der Waals surface area contributed by atoms with E-state index in [0.29, 0.717) is 24.0 Å². The molecule has 3 N–H and O–H groups in total. The molecule has 1 saturated carbocycles. The third-order valence-corrected chi connectivity index (χ3v) is 2.06. The van der Waals surface area contributed by atoms with Gasteiger partial charge < -0.3 is 11.1 Å². The molecule has 1 fully saturated rings. The Morgan fingerprint density at radius 1 is 1.50 bits per heavy atom. The summed E-state index contributed by atoms with van der Waals surface area (Å²) in [6.07, 6.45) is 5.17. The molecule has 0 radical (unpaired) electrons. The zero-order chi connectivity index (χ0) is 9.97. The maximum atomic E-state index is 11.5. The summed E-state index contributed by atoms with van der Waals surface area (Å²) in [5.41, 5.74) is 5.84. The minimum atomic E-state index is -0.101. The molecule has 14 heavy (non-hydrogen) atoms. The van der Waals surface area contributed by atoms with Gasteiger partial charge in [0.1, 0.15) is 5.82 Å². The van der Waals surface area contributed by atoms with E-state index in [9.17, 15) is 4.79 Å². The number of nitrogens with two attached hydrogens (primary N) is 1. The highest BCUT2D eigenvalue weighted by atomic mass is 16.1. The average Bonchev–Trinajstić information content (AvgIpc) is 3.02. The molecule has 0 saturated heterocycles. The molecule has 5 nitrogen and oxygen atoms in total. The van der Waals surface area contributed by atoms with Crippen molar-refractivity contribution in [3.8, 4) is 0 Å². The van der Waals surface area contributed by atoms with Gasteiger partial charge in [0.2, 0.25) is 0 Å². The predicted molar refractivity (Wildman–Crippen MR) is 50.4 cm³/mol. The molecule has 1 aromatic heterocycles. The van der Waals surface area contributed by atoms with Crippen LogP contribution in [0.25, 0.3) is 0 Å². The van der Waals surface area contributed by atoms with Crippen LogP contribution >= 0.6 is 0 Å². The molecule has 0 aromatic carbocycles. The second kappa shape index (κ2) is 3.71. The van der Waals surface area contributed by atoms with Crippen molar-refractivity contribution in [3.63, 3.8) is 0 Å². The topological polar surface area (TPSA) is 80.9 Å². The number of nitrogens with zero attached hydrogens (tertiary/aromatic N) is 2. The van der Waals surface area contributed by atoms with Crippen molar-refractivity contribution in [3.05, 3.63) is 23.8 Å². The van der Waals surface area contributed by atoms with Gasteiger partial charge >= 0.3 is 0 Å². The number of carbonyl (C=O) groups is 1. The van der Waals surface area contributed by atoms with E-state index < -0.39 is 0 Å². The van der Waals surface area contributed by atoms with E-state index >= 15 is 0 Å². The fraction of sp³-hybridized carbons (Fsp3) is 0.444. The Labute approximate surface area is 81.7 Å². The Balaban J connectivity index is 2.03. The summed E-state index contributed by atoms with van der Waals surface area (Å²) in [6.45, 7) is 0.296. The largest absolute Gasteiger partial charge is 0.349 e. The van der Waals surface area contributed by atoms with Gasteiger partial charge in [0, 0.05) is 18.4 Å². The van der Waals surface area contributed by atoms with Gasteiger partial charge in [-0.15, -0.1) is 0 Å². The molecule has 1 aliphatic carbocycles. The van der Waals surface area contributed by atoms with Crippen LogP contribution in [0.3, 0.4) is 0 Å². The van der Waals surface area contributed by atoms with Gasteiger partial charge in [-0.05, 0) is 12.8 Å². The highest BCUT2D eigenvalue weighted by molar-refractivity contribution is 5.93. The van der Waals surface area contributed by atoms with E-state index in [-0.39, 0.29) is 5.91 Å². The van der Waals surface area contributed by atoms with E-state index in [1.807, 2.05) is 0 Å². The van der Waals surface area contributed by atoms with E-state index in [0.717, 1.165) is 12.8 Å². The molecule has 1 heterocycles. The van der Waals surface area contributed by atoms with E-state index in [1.165, 1.54) is 12.4 Å². The fourth-order valence-corrected chi connectivity index (χ4v) is 1.07. The average molecular weight is 192 g/mol. The normalized spacial score (nSPS) is 15.2. The smallest absolute Gasteiger partial charge is 0.254 e. The quantitative estimate of drug-likeness (QED) is 0.696. The molecule has 5 heteroatoms. The van der Waals surface area contributed by atoms with Crippen molar-refractivity contribution in [1.29, 1.82) is 0 Å². The molecule has 2 rings (SSSR count). The minimum absolute atomic E-state index is 0.101. The van der Waals surface area contributed by atoms with Gasteiger partial charge in [-0.2, -0.15) is 0 Å². The highest BCUT2D eigenvalue weighted by Gasteiger charge is 2.23. The van der Waals surface area contributed by atoms with Crippen molar-refractivity contribution in [2.45, 2.75) is 25.4 Å². The zero-order valence-electron chi connectivity index (χ0n) is 7.73. The molecular weight excluding hydrogens is 180 g/mol. The Morgan fingerprint density at radius 2 is 2.14 bits per heavy atom. The van der Waals surface area contributed by atoms with Crippen molar-refractivity contribution < 1.29 is 4.79 Å². The summed E-state index contributed by atoms with van der Waals surface area (Å²) >= 11 is 0. The van der Waals surface area contributed by atoms with Crippen molar-refractivity contribution in [2.24, 2.45) is 5.73 Å². The highest BCUT2D eigenvalue weighted by Crippen LogP contribution is 2.19. The number of hydrogen-bond acceptors (Lipinski definition) is 4. The molecule has 0 bridgehead atoms. The van der Waals surface area contributed by atoms with E-state index in [1.54, 1.807) is 0 Å². The van der Waals surface area contributed by atoms with Crippen LogP contribution in [0.15, 0.2) is 12.4 Å². The summed E-state index contributed by atoms with van der Waals surface area (Å²) < 4.78 is 0. The Kier molecular flexibility index (Phi) is 2.41. The number of nitrogens with one attached hydrogen (secondary N) is 1. The molecule has 0 atom stereocenters. The van der Waals surface area contributed by atoms with Crippen LogP contribution in [0.4, 0.5) is 0 Å². The first kappa shape index (κ1) is 9.08. The predicted octanol–water partition coefficient (Wildman–Crippen LogP) is -0.173. The number of amides is 1. The molecule has 74 valence electrons. The van der Waals surface area contributed by atoms with Gasteiger partial charge in [0.15, 0.2) is 0 Å². The maximum absolute atomic E-state index is 11.5. The van der Waals surface area contributed by atoms with E-state index in [4.69, 9.17) is 5.73 Å². The second-order valence-electron chi connectivity index (χ2n) is 3.34. The number of rotatable bonds is 3. The number of hydrogen-bond donors (Lipinski definition) is 2. The van der Waals surface area contributed by atoms with Crippen LogP contribution in [0.2, 0.25) is 0 Å². The Bertz CT molecular complexity index is 331. The lowest BCUT2D eigenvalue weighted by Crippen LogP contribution is -2.25. The van der Waals surface area contributed by atoms with Crippen LogP contribution in [-0.2, 0) is 6.54 Å². The lowest BCUT2D eigenvalue weighted by atomic mass is 10.3. The van der Waals surface area contributed by atoms with Crippen molar-refractivity contribution in [2.75, 3.05) is 0 Å². The molecule has 0 unspecified atom stereocenters. The van der Waals surface area contributed by atoms with Crippen LogP contribution in [0, 0.1) is 0 Å². The monoisotopic (exact) mass is 192 g/mol. The molecule has 1 aromatic rings. The van der Waals surface area contributed by atoms with Crippen LogP contribution in [0.5, 0.6) is 0 Å². The third-order valence-electron chi connectivity index (χ3n) is 2.06. The summed E-state index contributed by atoms with van der Waals surface area (Å²) in [7, 11) is 0. The molecular formula is C9H12N4O. The Morgan fingerprint density at radius 3 is 2.64 bits per heavy atom. The van der Waals surface area contributed by atoms with Crippen molar-refractivity contribution >= 4 is 5.91 Å². The van der Waals surface area contributed by atoms with Gasteiger partial charge in [-0.25, -0.2) is 9.97 Å². The lowest BCUT2D eigenvalue weighted by molar-refractivity contribution is 0.0950. The summed E-state index contributed by atoms with van der Waals surface area (Å²) in [5.74, 6) is 0.448. The standard InChI is InChI=1S/C9H12N4O/c10-3-8-11-4-6(5-12-8)9(14)13-7-1-2-7/h4-5,7H,1-3,10H2,(H,13,14).